The monoisotopic (exact) mass is 266 g/mol. The van der Waals surface area contributed by atoms with Crippen LogP contribution in [0.15, 0.2) is 24.3 Å². The van der Waals surface area contributed by atoms with Gasteiger partial charge < -0.3 is 15.8 Å². The zero-order valence-corrected chi connectivity index (χ0v) is 11.4. The molecule has 4 nitrogen and oxygen atoms in total. The van der Waals surface area contributed by atoms with E-state index in [0.29, 0.717) is 22.8 Å². The van der Waals surface area contributed by atoms with E-state index in [9.17, 15) is 4.79 Å². The van der Waals surface area contributed by atoms with Gasteiger partial charge in [0, 0.05) is 13.3 Å². The number of thiocarbonyl (C=S) groups is 1. The maximum atomic E-state index is 11.1. The number of para-hydroxylation sites is 2. The fraction of sp³-hybridized carbons (Fsp3) is 0.385. The minimum Gasteiger partial charge on any atom is -0.488 e. The van der Waals surface area contributed by atoms with Crippen molar-refractivity contribution in [3.05, 3.63) is 24.3 Å². The van der Waals surface area contributed by atoms with Gasteiger partial charge in [-0.3, -0.25) is 4.79 Å². The van der Waals surface area contributed by atoms with Crippen LogP contribution in [0.4, 0.5) is 5.69 Å². The quantitative estimate of drug-likeness (QED) is 0.776. The van der Waals surface area contributed by atoms with E-state index in [4.69, 9.17) is 22.7 Å². The molecule has 1 unspecified atom stereocenters. The molecule has 18 heavy (non-hydrogen) atoms. The Morgan fingerprint density at radius 2 is 2.17 bits per heavy atom. The van der Waals surface area contributed by atoms with Gasteiger partial charge in [-0.05, 0) is 18.6 Å². The van der Waals surface area contributed by atoms with Gasteiger partial charge in [0.1, 0.15) is 11.9 Å². The lowest BCUT2D eigenvalue weighted by Gasteiger charge is -2.19. The average Bonchev–Trinajstić information content (AvgIpc) is 2.29. The highest BCUT2D eigenvalue weighted by atomic mass is 32.1. The second-order valence-corrected chi connectivity index (χ2v) is 4.52. The molecular weight excluding hydrogens is 248 g/mol. The second-order valence-electron chi connectivity index (χ2n) is 4.00. The van der Waals surface area contributed by atoms with Gasteiger partial charge in [-0.15, -0.1) is 0 Å². The fourth-order valence-electron chi connectivity index (χ4n) is 1.54. The summed E-state index contributed by atoms with van der Waals surface area (Å²) in [6.07, 6.45) is 1.25. The van der Waals surface area contributed by atoms with E-state index in [-0.39, 0.29) is 12.0 Å². The molecule has 1 aromatic carbocycles. The number of nitrogens with two attached hydrogens (primary N) is 1. The van der Waals surface area contributed by atoms with E-state index in [2.05, 4.69) is 5.32 Å². The van der Waals surface area contributed by atoms with Crippen molar-refractivity contribution in [3.63, 3.8) is 0 Å². The molecule has 0 saturated carbocycles. The molecule has 0 aliphatic carbocycles. The van der Waals surface area contributed by atoms with Crippen molar-refractivity contribution in [2.45, 2.75) is 32.8 Å². The number of hydrogen-bond acceptors (Lipinski definition) is 3. The fourth-order valence-corrected chi connectivity index (χ4v) is 1.72. The van der Waals surface area contributed by atoms with Gasteiger partial charge in [-0.1, -0.05) is 31.3 Å². The van der Waals surface area contributed by atoms with Crippen LogP contribution < -0.4 is 15.8 Å². The van der Waals surface area contributed by atoms with Gasteiger partial charge in [0.2, 0.25) is 5.91 Å². The third-order valence-electron chi connectivity index (χ3n) is 2.38. The van der Waals surface area contributed by atoms with Crippen LogP contribution in [-0.2, 0) is 4.79 Å². The molecule has 1 atom stereocenters. The Kier molecular flexibility index (Phi) is 5.58. The van der Waals surface area contributed by atoms with Crippen LogP contribution in [0.1, 0.15) is 26.7 Å². The molecule has 0 fully saturated rings. The first-order valence-electron chi connectivity index (χ1n) is 5.84. The summed E-state index contributed by atoms with van der Waals surface area (Å²) in [7, 11) is 0. The lowest BCUT2D eigenvalue weighted by atomic mass is 10.2. The number of anilines is 1. The van der Waals surface area contributed by atoms with Crippen molar-refractivity contribution in [1.29, 1.82) is 0 Å². The van der Waals surface area contributed by atoms with Crippen molar-refractivity contribution < 1.29 is 9.53 Å². The van der Waals surface area contributed by atoms with Crippen molar-refractivity contribution in [2.24, 2.45) is 5.73 Å². The van der Waals surface area contributed by atoms with Crippen LogP contribution in [0.2, 0.25) is 0 Å². The number of ether oxygens (including phenoxy) is 1. The van der Waals surface area contributed by atoms with E-state index in [1.165, 1.54) is 6.92 Å². The van der Waals surface area contributed by atoms with E-state index in [0.717, 1.165) is 6.42 Å². The molecule has 0 aliphatic rings. The molecular formula is C13H18N2O2S. The molecule has 0 aromatic heterocycles. The molecule has 0 radical (unpaired) electrons. The van der Waals surface area contributed by atoms with Gasteiger partial charge in [-0.2, -0.15) is 0 Å². The largest absolute Gasteiger partial charge is 0.488 e. The summed E-state index contributed by atoms with van der Waals surface area (Å²) < 4.78 is 5.82. The Balaban J connectivity index is 2.81. The molecule has 0 bridgehead atoms. The topological polar surface area (TPSA) is 64.3 Å². The van der Waals surface area contributed by atoms with E-state index >= 15 is 0 Å². The molecule has 3 N–H and O–H groups in total. The highest BCUT2D eigenvalue weighted by Crippen LogP contribution is 2.26. The number of carbonyl (C=O) groups excluding carboxylic acids is 1. The predicted molar refractivity (Wildman–Crippen MR) is 76.9 cm³/mol. The first-order chi connectivity index (χ1) is 8.52. The van der Waals surface area contributed by atoms with Crippen molar-refractivity contribution >= 4 is 28.8 Å². The number of carbonyl (C=O) groups is 1. The number of nitrogens with one attached hydrogen (secondary N) is 1. The van der Waals surface area contributed by atoms with Gasteiger partial charge in [0.25, 0.3) is 0 Å². The lowest BCUT2D eigenvalue weighted by molar-refractivity contribution is -0.114. The average molecular weight is 266 g/mol. The number of hydrogen-bond donors (Lipinski definition) is 2. The summed E-state index contributed by atoms with van der Waals surface area (Å²) in [5.41, 5.74) is 6.18. The highest BCUT2D eigenvalue weighted by molar-refractivity contribution is 7.80. The van der Waals surface area contributed by atoms with Crippen LogP contribution in [0, 0.1) is 0 Å². The zero-order chi connectivity index (χ0) is 13.5. The first-order valence-corrected chi connectivity index (χ1v) is 6.25. The summed E-state index contributed by atoms with van der Waals surface area (Å²) in [6.45, 7) is 3.47. The van der Waals surface area contributed by atoms with Crippen LogP contribution in [0.3, 0.4) is 0 Å². The molecule has 0 saturated heterocycles. The second kappa shape index (κ2) is 6.96. The van der Waals surface area contributed by atoms with E-state index < -0.39 is 0 Å². The molecule has 0 aliphatic heterocycles. The standard InChI is InChI=1S/C13H18N2O2S/c1-3-10(8-13(14)18)17-12-7-5-4-6-11(12)15-9(2)16/h4-7,10H,3,8H2,1-2H3,(H2,14,18)(H,15,16). The molecule has 1 amide bonds. The highest BCUT2D eigenvalue weighted by Gasteiger charge is 2.12. The number of benzene rings is 1. The van der Waals surface area contributed by atoms with Crippen molar-refractivity contribution in [1.82, 2.24) is 0 Å². The number of amides is 1. The van der Waals surface area contributed by atoms with Crippen molar-refractivity contribution in [3.8, 4) is 5.75 Å². The molecule has 0 heterocycles. The Labute approximate surface area is 113 Å². The Bertz CT molecular complexity index is 435. The van der Waals surface area contributed by atoms with Crippen LogP contribution >= 0.6 is 12.2 Å². The summed E-state index contributed by atoms with van der Waals surface area (Å²) in [4.78, 5) is 11.5. The third kappa shape index (κ3) is 4.71. The van der Waals surface area contributed by atoms with E-state index in [1.54, 1.807) is 6.07 Å². The van der Waals surface area contributed by atoms with Crippen molar-refractivity contribution in [2.75, 3.05) is 5.32 Å². The van der Waals surface area contributed by atoms with Crippen LogP contribution in [0.25, 0.3) is 0 Å². The van der Waals surface area contributed by atoms with Gasteiger partial charge in [-0.25, -0.2) is 0 Å². The van der Waals surface area contributed by atoms with Crippen LogP contribution in [0.5, 0.6) is 5.75 Å². The Morgan fingerprint density at radius 3 is 2.72 bits per heavy atom. The van der Waals surface area contributed by atoms with Crippen LogP contribution in [-0.4, -0.2) is 17.0 Å². The Hall–Kier alpha value is -1.62. The maximum Gasteiger partial charge on any atom is 0.221 e. The van der Waals surface area contributed by atoms with Gasteiger partial charge in [0.05, 0.1) is 10.7 Å². The summed E-state index contributed by atoms with van der Waals surface area (Å²) >= 11 is 4.89. The molecule has 98 valence electrons. The van der Waals surface area contributed by atoms with Gasteiger partial charge >= 0.3 is 0 Å². The molecule has 5 heteroatoms. The minimum absolute atomic E-state index is 0.0718. The zero-order valence-electron chi connectivity index (χ0n) is 10.6. The molecule has 0 spiro atoms. The first kappa shape index (κ1) is 14.4. The lowest BCUT2D eigenvalue weighted by Crippen LogP contribution is -2.23. The Morgan fingerprint density at radius 1 is 1.50 bits per heavy atom. The molecule has 1 aromatic rings. The summed E-state index contributed by atoms with van der Waals surface area (Å²) in [5.74, 6) is 0.504. The summed E-state index contributed by atoms with van der Waals surface area (Å²) in [6, 6.07) is 7.30. The number of rotatable bonds is 6. The SMILES string of the molecule is CCC(CC(N)=S)Oc1ccccc1NC(C)=O. The third-order valence-corrected chi connectivity index (χ3v) is 2.54. The minimum atomic E-state index is -0.131. The smallest absolute Gasteiger partial charge is 0.221 e. The summed E-state index contributed by atoms with van der Waals surface area (Å²) in [5, 5.41) is 2.73. The van der Waals surface area contributed by atoms with E-state index in [1.807, 2.05) is 25.1 Å². The molecule has 1 rings (SSSR count). The van der Waals surface area contributed by atoms with Gasteiger partial charge in [0.15, 0.2) is 0 Å². The maximum absolute atomic E-state index is 11.1. The predicted octanol–water partition coefficient (Wildman–Crippen LogP) is 2.48. The normalized spacial score (nSPS) is 11.7.